The molecule has 2 aromatic carbocycles. The van der Waals surface area contributed by atoms with Crippen molar-refractivity contribution in [3.63, 3.8) is 0 Å². The Kier molecular flexibility index (Phi) is 5.57. The highest BCUT2D eigenvalue weighted by atomic mass is 19.4. The van der Waals surface area contributed by atoms with Crippen LogP contribution in [0.3, 0.4) is 0 Å². The summed E-state index contributed by atoms with van der Waals surface area (Å²) in [6.07, 6.45) is -5.05. The van der Waals surface area contributed by atoms with E-state index in [0.717, 1.165) is 6.07 Å². The Morgan fingerprint density at radius 1 is 0.917 bits per heavy atom. The summed E-state index contributed by atoms with van der Waals surface area (Å²) in [6, 6.07) is 13.6. The smallest absolute Gasteiger partial charge is 0.404 e. The maximum absolute atomic E-state index is 12.3. The maximum Gasteiger partial charge on any atom is 0.573 e. The van der Waals surface area contributed by atoms with E-state index in [0.29, 0.717) is 5.56 Å². The van der Waals surface area contributed by atoms with Gasteiger partial charge in [-0.1, -0.05) is 42.5 Å². The van der Waals surface area contributed by atoms with Crippen LogP contribution in [0.1, 0.15) is 23.2 Å². The summed E-state index contributed by atoms with van der Waals surface area (Å²) in [5.41, 5.74) is 0.373. The summed E-state index contributed by atoms with van der Waals surface area (Å²) in [5, 5.41) is 2.32. The van der Waals surface area contributed by atoms with Crippen LogP contribution in [0.5, 0.6) is 5.75 Å². The van der Waals surface area contributed by atoms with Crippen LogP contribution in [0.25, 0.3) is 0 Å². The summed E-state index contributed by atoms with van der Waals surface area (Å²) in [6.45, 7) is 0. The minimum Gasteiger partial charge on any atom is -0.404 e. The van der Waals surface area contributed by atoms with Gasteiger partial charge < -0.3 is 10.1 Å². The quantitative estimate of drug-likeness (QED) is 0.804. The molecule has 2 aromatic rings. The third-order valence-electron chi connectivity index (χ3n) is 3.06. The number of amides is 1. The molecule has 0 radical (unpaired) electrons. The Labute approximate surface area is 136 Å². The minimum atomic E-state index is -4.86. The summed E-state index contributed by atoms with van der Waals surface area (Å²) in [4.78, 5) is 23.8. The maximum atomic E-state index is 12.3. The Morgan fingerprint density at radius 3 is 2.21 bits per heavy atom. The molecule has 0 aliphatic carbocycles. The van der Waals surface area contributed by atoms with Crippen LogP contribution < -0.4 is 10.1 Å². The van der Waals surface area contributed by atoms with Gasteiger partial charge in [-0.2, -0.15) is 0 Å². The number of ketones is 1. The molecule has 7 heteroatoms. The molecule has 0 saturated heterocycles. The molecule has 0 heterocycles. The summed E-state index contributed by atoms with van der Waals surface area (Å²) in [5.74, 6) is -1.30. The number of halogens is 3. The monoisotopic (exact) mass is 337 g/mol. The van der Waals surface area contributed by atoms with Crippen molar-refractivity contribution in [1.29, 1.82) is 0 Å². The molecule has 0 atom stereocenters. The molecule has 0 spiro atoms. The first kappa shape index (κ1) is 17.5. The standard InChI is InChI=1S/C17H14F3NO3/c18-17(19,20)24-15-9-5-4-8-13(15)21-16(23)11-10-14(22)12-6-2-1-3-7-12/h1-9H,10-11H2,(H,21,23). The molecule has 1 amide bonds. The van der Waals surface area contributed by atoms with Crippen molar-refractivity contribution >= 4 is 17.4 Å². The molecular formula is C17H14F3NO3. The number of ether oxygens (including phenoxy) is 1. The van der Waals surface area contributed by atoms with E-state index in [9.17, 15) is 22.8 Å². The van der Waals surface area contributed by atoms with Crippen LogP contribution in [0.2, 0.25) is 0 Å². The lowest BCUT2D eigenvalue weighted by atomic mass is 10.1. The third kappa shape index (κ3) is 5.42. The van der Waals surface area contributed by atoms with Crippen LogP contribution in [-0.2, 0) is 4.79 Å². The predicted molar refractivity (Wildman–Crippen MR) is 81.8 cm³/mol. The number of alkyl halides is 3. The molecule has 126 valence electrons. The molecule has 4 nitrogen and oxygen atoms in total. The molecule has 0 bridgehead atoms. The Hall–Kier alpha value is -2.83. The van der Waals surface area contributed by atoms with E-state index in [1.165, 1.54) is 18.2 Å². The van der Waals surface area contributed by atoms with Crippen molar-refractivity contribution in [2.45, 2.75) is 19.2 Å². The van der Waals surface area contributed by atoms with E-state index in [4.69, 9.17) is 0 Å². The molecule has 1 N–H and O–H groups in total. The van der Waals surface area contributed by atoms with Crippen molar-refractivity contribution in [3.8, 4) is 5.75 Å². The molecule has 0 aliphatic rings. The highest BCUT2D eigenvalue weighted by molar-refractivity contribution is 6.00. The fourth-order valence-corrected chi connectivity index (χ4v) is 1.99. The Bertz CT molecular complexity index is 715. The largest absolute Gasteiger partial charge is 0.573 e. The Balaban J connectivity index is 1.94. The average Bonchev–Trinajstić information content (AvgIpc) is 2.54. The number of Topliss-reactive ketones (excluding diaryl/α,β-unsaturated/α-hetero) is 1. The molecular weight excluding hydrogens is 323 g/mol. The number of anilines is 1. The summed E-state index contributed by atoms with van der Waals surface area (Å²) < 4.78 is 40.8. The molecule has 0 unspecified atom stereocenters. The molecule has 0 fully saturated rings. The van der Waals surface area contributed by atoms with Gasteiger partial charge in [0.1, 0.15) is 0 Å². The highest BCUT2D eigenvalue weighted by Gasteiger charge is 2.32. The van der Waals surface area contributed by atoms with E-state index in [2.05, 4.69) is 10.1 Å². The van der Waals surface area contributed by atoms with E-state index >= 15 is 0 Å². The zero-order valence-corrected chi connectivity index (χ0v) is 12.5. The van der Waals surface area contributed by atoms with Gasteiger partial charge >= 0.3 is 6.36 Å². The highest BCUT2D eigenvalue weighted by Crippen LogP contribution is 2.30. The van der Waals surface area contributed by atoms with Crippen LogP contribution >= 0.6 is 0 Å². The minimum absolute atomic E-state index is 0.0435. The lowest BCUT2D eigenvalue weighted by Crippen LogP contribution is -2.19. The molecule has 24 heavy (non-hydrogen) atoms. The zero-order valence-electron chi connectivity index (χ0n) is 12.5. The molecule has 2 rings (SSSR count). The zero-order chi connectivity index (χ0) is 17.6. The fourth-order valence-electron chi connectivity index (χ4n) is 1.99. The lowest BCUT2D eigenvalue weighted by Gasteiger charge is -2.13. The van der Waals surface area contributed by atoms with Crippen molar-refractivity contribution in [2.75, 3.05) is 5.32 Å². The van der Waals surface area contributed by atoms with Gasteiger partial charge in [0.2, 0.25) is 5.91 Å². The van der Waals surface area contributed by atoms with Gasteiger partial charge in [0, 0.05) is 18.4 Å². The second kappa shape index (κ2) is 7.63. The van der Waals surface area contributed by atoms with Gasteiger partial charge in [0.15, 0.2) is 11.5 Å². The number of hydrogen-bond acceptors (Lipinski definition) is 3. The topological polar surface area (TPSA) is 55.4 Å². The van der Waals surface area contributed by atoms with Gasteiger partial charge in [0.25, 0.3) is 0 Å². The van der Waals surface area contributed by atoms with Crippen molar-refractivity contribution < 1.29 is 27.5 Å². The number of carbonyl (C=O) groups is 2. The second-order valence-corrected chi connectivity index (χ2v) is 4.88. The fraction of sp³-hybridized carbons (Fsp3) is 0.176. The van der Waals surface area contributed by atoms with Crippen LogP contribution in [0.4, 0.5) is 18.9 Å². The number of nitrogens with one attached hydrogen (secondary N) is 1. The van der Waals surface area contributed by atoms with Gasteiger partial charge in [-0.05, 0) is 12.1 Å². The van der Waals surface area contributed by atoms with E-state index in [1.54, 1.807) is 30.3 Å². The predicted octanol–water partition coefficient (Wildman–Crippen LogP) is 4.19. The summed E-state index contributed by atoms with van der Waals surface area (Å²) in [7, 11) is 0. The van der Waals surface area contributed by atoms with Gasteiger partial charge in [-0.25, -0.2) is 0 Å². The average molecular weight is 337 g/mol. The van der Waals surface area contributed by atoms with E-state index in [1.807, 2.05) is 0 Å². The van der Waals surface area contributed by atoms with E-state index in [-0.39, 0.29) is 24.3 Å². The third-order valence-corrected chi connectivity index (χ3v) is 3.06. The lowest BCUT2D eigenvalue weighted by molar-refractivity contribution is -0.274. The van der Waals surface area contributed by atoms with Crippen LogP contribution in [0, 0.1) is 0 Å². The number of rotatable bonds is 6. The van der Waals surface area contributed by atoms with Gasteiger partial charge in [-0.3, -0.25) is 9.59 Å². The van der Waals surface area contributed by atoms with E-state index < -0.39 is 18.0 Å². The van der Waals surface area contributed by atoms with Crippen molar-refractivity contribution in [2.24, 2.45) is 0 Å². The molecule has 0 aliphatic heterocycles. The number of para-hydroxylation sites is 2. The summed E-state index contributed by atoms with van der Waals surface area (Å²) >= 11 is 0. The first-order valence-corrected chi connectivity index (χ1v) is 7.08. The molecule has 0 aromatic heterocycles. The number of hydrogen-bond donors (Lipinski definition) is 1. The van der Waals surface area contributed by atoms with Crippen molar-refractivity contribution in [1.82, 2.24) is 0 Å². The molecule has 0 saturated carbocycles. The van der Waals surface area contributed by atoms with Gasteiger partial charge in [-0.15, -0.1) is 13.2 Å². The number of carbonyl (C=O) groups excluding carboxylic acids is 2. The SMILES string of the molecule is O=C(CCC(=O)c1ccccc1)Nc1ccccc1OC(F)(F)F. The second-order valence-electron chi connectivity index (χ2n) is 4.88. The number of benzene rings is 2. The van der Waals surface area contributed by atoms with Crippen LogP contribution in [0.15, 0.2) is 54.6 Å². The van der Waals surface area contributed by atoms with Crippen molar-refractivity contribution in [3.05, 3.63) is 60.2 Å². The van der Waals surface area contributed by atoms with Crippen LogP contribution in [-0.4, -0.2) is 18.1 Å². The normalized spacial score (nSPS) is 11.0. The van der Waals surface area contributed by atoms with Gasteiger partial charge in [0.05, 0.1) is 5.69 Å². The first-order valence-electron chi connectivity index (χ1n) is 7.08. The Morgan fingerprint density at radius 2 is 1.54 bits per heavy atom. The first-order chi connectivity index (χ1) is 11.3.